The van der Waals surface area contributed by atoms with Crippen LogP contribution in [0.3, 0.4) is 0 Å². The van der Waals surface area contributed by atoms with E-state index in [1.807, 2.05) is 25.1 Å². The fraction of sp³-hybridized carbons (Fsp3) is 0.389. The monoisotopic (exact) mass is 471 g/mol. The number of amides is 1. The van der Waals surface area contributed by atoms with Crippen molar-refractivity contribution in [2.24, 2.45) is 0 Å². The predicted molar refractivity (Wildman–Crippen MR) is 112 cm³/mol. The summed E-state index contributed by atoms with van der Waals surface area (Å²) < 4.78 is 28.7. The zero-order valence-corrected chi connectivity index (χ0v) is 18.2. The lowest BCUT2D eigenvalue weighted by Gasteiger charge is -2.31. The summed E-state index contributed by atoms with van der Waals surface area (Å²) in [5.74, 6) is -0.0574. The van der Waals surface area contributed by atoms with Gasteiger partial charge in [-0.1, -0.05) is 22.0 Å². The topological polar surface area (TPSA) is 78.5 Å². The Labute approximate surface area is 172 Å². The Balaban J connectivity index is 1.47. The molecule has 1 aliphatic heterocycles. The molecular weight excluding hydrogens is 450 g/mol. The average molecular weight is 472 g/mol. The normalized spacial score (nSPS) is 16.4. The predicted octanol–water partition coefficient (Wildman–Crippen LogP) is 3.20. The van der Waals surface area contributed by atoms with Crippen LogP contribution in [-0.4, -0.2) is 44.9 Å². The van der Waals surface area contributed by atoms with Crippen molar-refractivity contribution in [3.63, 3.8) is 0 Å². The second-order valence-corrected chi connectivity index (χ2v) is 10.4. The lowest BCUT2D eigenvalue weighted by Crippen LogP contribution is -2.46. The van der Waals surface area contributed by atoms with Crippen molar-refractivity contribution in [2.75, 3.05) is 25.0 Å². The molecule has 1 saturated heterocycles. The van der Waals surface area contributed by atoms with Gasteiger partial charge < -0.3 is 5.32 Å². The summed E-state index contributed by atoms with van der Waals surface area (Å²) in [7, 11) is -3.44. The summed E-state index contributed by atoms with van der Waals surface area (Å²) in [6.07, 6.45) is 1.38. The van der Waals surface area contributed by atoms with E-state index < -0.39 is 10.0 Å². The van der Waals surface area contributed by atoms with Crippen molar-refractivity contribution in [1.29, 1.82) is 0 Å². The molecule has 0 spiro atoms. The van der Waals surface area contributed by atoms with E-state index in [-0.39, 0.29) is 11.9 Å². The molecule has 2 heterocycles. The summed E-state index contributed by atoms with van der Waals surface area (Å²) in [6, 6.07) is 8.98. The lowest BCUT2D eigenvalue weighted by molar-refractivity contribution is -0.117. The van der Waals surface area contributed by atoms with Crippen LogP contribution in [0.25, 0.3) is 0 Å². The molecule has 6 nitrogen and oxygen atoms in total. The Morgan fingerprint density at radius 1 is 1.30 bits per heavy atom. The number of rotatable bonds is 6. The number of hydrogen-bond acceptors (Lipinski definition) is 5. The lowest BCUT2D eigenvalue weighted by atomic mass is 10.1. The first kappa shape index (κ1) is 20.5. The number of aryl methyl sites for hydroxylation is 1. The molecule has 0 radical (unpaired) electrons. The minimum Gasteiger partial charge on any atom is -0.325 e. The highest BCUT2D eigenvalue weighted by Gasteiger charge is 2.26. The number of hydrogen-bond donors (Lipinski definition) is 2. The molecule has 146 valence electrons. The van der Waals surface area contributed by atoms with Crippen molar-refractivity contribution in [3.05, 3.63) is 45.7 Å². The van der Waals surface area contributed by atoms with E-state index >= 15 is 0 Å². The van der Waals surface area contributed by atoms with Gasteiger partial charge in [0.05, 0.1) is 6.54 Å². The highest BCUT2D eigenvalue weighted by molar-refractivity contribution is 9.10. The van der Waals surface area contributed by atoms with Crippen LogP contribution in [0.4, 0.5) is 5.69 Å². The molecular formula is C18H22BrN3O3S2. The summed E-state index contributed by atoms with van der Waals surface area (Å²) in [5.41, 5.74) is 1.81. The molecule has 2 aromatic rings. The minimum atomic E-state index is -3.44. The third kappa shape index (κ3) is 5.61. The molecule has 9 heteroatoms. The van der Waals surface area contributed by atoms with Crippen molar-refractivity contribution < 1.29 is 13.2 Å². The Bertz CT molecular complexity index is 893. The molecule has 0 atom stereocenters. The fourth-order valence-electron chi connectivity index (χ4n) is 3.06. The van der Waals surface area contributed by atoms with Crippen LogP contribution in [0.2, 0.25) is 0 Å². The van der Waals surface area contributed by atoms with Crippen molar-refractivity contribution >= 4 is 48.9 Å². The molecule has 1 aromatic carbocycles. The third-order valence-electron chi connectivity index (χ3n) is 4.50. The van der Waals surface area contributed by atoms with Gasteiger partial charge in [0.25, 0.3) is 0 Å². The van der Waals surface area contributed by atoms with Crippen molar-refractivity contribution in [3.8, 4) is 0 Å². The molecule has 2 N–H and O–H groups in total. The number of carbonyl (C=O) groups is 1. The van der Waals surface area contributed by atoms with Gasteiger partial charge in [0.1, 0.15) is 4.21 Å². The van der Waals surface area contributed by atoms with Gasteiger partial charge >= 0.3 is 0 Å². The van der Waals surface area contributed by atoms with Crippen LogP contribution >= 0.6 is 27.3 Å². The van der Waals surface area contributed by atoms with Gasteiger partial charge in [-0.2, -0.15) is 0 Å². The number of nitrogens with zero attached hydrogens (tertiary/aromatic N) is 1. The molecule has 3 rings (SSSR count). The van der Waals surface area contributed by atoms with Gasteiger partial charge in [-0.3, -0.25) is 9.69 Å². The van der Waals surface area contributed by atoms with Gasteiger partial charge in [0.2, 0.25) is 15.9 Å². The van der Waals surface area contributed by atoms with Gasteiger partial charge in [0, 0.05) is 29.3 Å². The Kier molecular flexibility index (Phi) is 6.69. The molecule has 1 fully saturated rings. The average Bonchev–Trinajstić information content (AvgIpc) is 3.15. The van der Waals surface area contributed by atoms with Crippen LogP contribution < -0.4 is 10.0 Å². The number of anilines is 1. The Morgan fingerprint density at radius 2 is 2.04 bits per heavy atom. The number of sulfonamides is 1. The van der Waals surface area contributed by atoms with E-state index in [1.54, 1.807) is 17.5 Å². The van der Waals surface area contributed by atoms with E-state index in [2.05, 4.69) is 30.9 Å². The second kappa shape index (κ2) is 8.83. The minimum absolute atomic E-state index is 0.0574. The van der Waals surface area contributed by atoms with Crippen LogP contribution in [-0.2, 0) is 14.8 Å². The number of carbonyl (C=O) groups excluding carboxylic acids is 1. The van der Waals surface area contributed by atoms with Gasteiger partial charge in [0.15, 0.2) is 0 Å². The molecule has 0 unspecified atom stereocenters. The molecule has 0 saturated carbocycles. The summed E-state index contributed by atoms with van der Waals surface area (Å²) >= 11 is 4.63. The first-order valence-corrected chi connectivity index (χ1v) is 11.8. The van der Waals surface area contributed by atoms with Gasteiger partial charge in [-0.05, 0) is 55.0 Å². The van der Waals surface area contributed by atoms with E-state index in [1.165, 1.54) is 11.3 Å². The number of thiophene rings is 1. The maximum Gasteiger partial charge on any atom is 0.250 e. The van der Waals surface area contributed by atoms with E-state index in [0.717, 1.165) is 15.7 Å². The van der Waals surface area contributed by atoms with Crippen LogP contribution in [0, 0.1) is 6.92 Å². The first-order chi connectivity index (χ1) is 12.8. The molecule has 1 aromatic heterocycles. The van der Waals surface area contributed by atoms with E-state index in [4.69, 9.17) is 0 Å². The number of piperidine rings is 1. The molecule has 0 bridgehead atoms. The molecule has 1 amide bonds. The number of benzene rings is 1. The third-order valence-corrected chi connectivity index (χ3v) is 7.91. The Hall–Kier alpha value is -1.26. The second-order valence-electron chi connectivity index (χ2n) is 6.61. The number of nitrogens with one attached hydrogen (secondary N) is 2. The quantitative estimate of drug-likeness (QED) is 0.677. The van der Waals surface area contributed by atoms with Gasteiger partial charge in [-0.15, -0.1) is 11.3 Å². The zero-order chi connectivity index (χ0) is 19.4. The van der Waals surface area contributed by atoms with E-state index in [0.29, 0.717) is 36.7 Å². The standard InChI is InChI=1S/C18H22BrN3O3S2/c1-13-11-14(19)4-5-16(13)20-17(23)12-22-8-6-15(7-9-22)21-27(24,25)18-3-2-10-26-18/h2-5,10-11,15,21H,6-9,12H2,1H3,(H,20,23). The zero-order valence-electron chi connectivity index (χ0n) is 14.9. The van der Waals surface area contributed by atoms with Crippen molar-refractivity contribution in [1.82, 2.24) is 9.62 Å². The van der Waals surface area contributed by atoms with Crippen LogP contribution in [0.1, 0.15) is 18.4 Å². The van der Waals surface area contributed by atoms with Crippen molar-refractivity contribution in [2.45, 2.75) is 30.0 Å². The largest absolute Gasteiger partial charge is 0.325 e. The van der Waals surface area contributed by atoms with Crippen LogP contribution in [0.5, 0.6) is 0 Å². The van der Waals surface area contributed by atoms with E-state index in [9.17, 15) is 13.2 Å². The first-order valence-electron chi connectivity index (χ1n) is 8.68. The van der Waals surface area contributed by atoms with Gasteiger partial charge in [-0.25, -0.2) is 13.1 Å². The number of halogens is 1. The fourth-order valence-corrected chi connectivity index (χ4v) is 5.85. The summed E-state index contributed by atoms with van der Waals surface area (Å²) in [6.45, 7) is 3.63. The smallest absolute Gasteiger partial charge is 0.250 e. The SMILES string of the molecule is Cc1cc(Br)ccc1NC(=O)CN1CCC(NS(=O)(=O)c2cccs2)CC1. The Morgan fingerprint density at radius 3 is 2.67 bits per heavy atom. The maximum atomic E-state index is 12.3. The summed E-state index contributed by atoms with van der Waals surface area (Å²) in [5, 5.41) is 4.69. The molecule has 1 aliphatic rings. The molecule has 27 heavy (non-hydrogen) atoms. The highest BCUT2D eigenvalue weighted by atomic mass is 79.9. The molecule has 0 aliphatic carbocycles. The summed E-state index contributed by atoms with van der Waals surface area (Å²) in [4.78, 5) is 14.4. The number of likely N-dealkylation sites (tertiary alicyclic amines) is 1. The van der Waals surface area contributed by atoms with Crippen LogP contribution in [0.15, 0.2) is 44.4 Å². The maximum absolute atomic E-state index is 12.3. The highest BCUT2D eigenvalue weighted by Crippen LogP contribution is 2.21.